The molecule has 0 fully saturated rings. The second-order valence-corrected chi connectivity index (χ2v) is 6.34. The molecule has 2 aromatic carbocycles. The summed E-state index contributed by atoms with van der Waals surface area (Å²) >= 11 is 6.12. The van der Waals surface area contributed by atoms with Crippen LogP contribution in [0.15, 0.2) is 59.5 Å². The molecule has 0 saturated carbocycles. The average Bonchev–Trinajstić information content (AvgIpc) is 2.96. The quantitative estimate of drug-likeness (QED) is 0.583. The van der Waals surface area contributed by atoms with Crippen molar-refractivity contribution in [2.24, 2.45) is 0 Å². The first-order chi connectivity index (χ1) is 12.6. The van der Waals surface area contributed by atoms with Gasteiger partial charge in [-0.1, -0.05) is 48.0 Å². The lowest BCUT2D eigenvalue weighted by molar-refractivity contribution is -0.121. The van der Waals surface area contributed by atoms with Crippen molar-refractivity contribution in [3.8, 4) is 0 Å². The molecule has 2 aromatic heterocycles. The largest absolute Gasteiger partial charge is 0.350 e. The molecule has 0 bridgehead atoms. The van der Waals surface area contributed by atoms with Crippen LogP contribution in [0, 0.1) is 0 Å². The van der Waals surface area contributed by atoms with Gasteiger partial charge in [0.05, 0.1) is 6.20 Å². The first-order valence-corrected chi connectivity index (χ1v) is 8.47. The van der Waals surface area contributed by atoms with E-state index in [1.165, 1.54) is 0 Å². The van der Waals surface area contributed by atoms with Gasteiger partial charge in [0.1, 0.15) is 12.1 Å². The molecule has 0 unspecified atom stereocenters. The molecule has 130 valence electrons. The van der Waals surface area contributed by atoms with Gasteiger partial charge in [0.15, 0.2) is 0 Å². The lowest BCUT2D eigenvalue weighted by Crippen LogP contribution is -2.28. The van der Waals surface area contributed by atoms with Crippen LogP contribution in [0.5, 0.6) is 0 Å². The molecule has 6 nitrogen and oxygen atoms in total. The summed E-state index contributed by atoms with van der Waals surface area (Å²) in [6, 6.07) is 14.9. The maximum absolute atomic E-state index is 12.5. The number of hydrogen-bond acceptors (Lipinski definition) is 3. The molecular weight excluding hydrogens is 352 g/mol. The van der Waals surface area contributed by atoms with E-state index in [-0.39, 0.29) is 18.0 Å². The molecule has 0 radical (unpaired) electrons. The van der Waals surface area contributed by atoms with Gasteiger partial charge in [-0.15, -0.1) is 0 Å². The van der Waals surface area contributed by atoms with Crippen molar-refractivity contribution in [3.63, 3.8) is 0 Å². The van der Waals surface area contributed by atoms with E-state index in [9.17, 15) is 9.59 Å². The van der Waals surface area contributed by atoms with Crippen LogP contribution in [0.1, 0.15) is 5.56 Å². The standard InChI is InChI=1S/C19H15ClN4O2/c20-15-7-3-1-5-12(15)9-21-17(25)11-24-16-8-4-2-6-13(16)14-10-22-23-19(26)18(14)24/h1-8,10H,9,11H2,(H,21,25)(H,23,26). The van der Waals surface area contributed by atoms with Gasteiger partial charge < -0.3 is 9.88 Å². The fourth-order valence-corrected chi connectivity index (χ4v) is 3.32. The number of benzene rings is 2. The number of aromatic amines is 1. The predicted molar refractivity (Wildman–Crippen MR) is 101 cm³/mol. The summed E-state index contributed by atoms with van der Waals surface area (Å²) in [6.07, 6.45) is 1.61. The summed E-state index contributed by atoms with van der Waals surface area (Å²) in [6.45, 7) is 0.356. The molecule has 0 aliphatic rings. The van der Waals surface area contributed by atoms with Gasteiger partial charge in [-0.3, -0.25) is 9.59 Å². The predicted octanol–water partition coefficient (Wildman–Crippen LogP) is 2.85. The molecule has 2 heterocycles. The maximum Gasteiger partial charge on any atom is 0.288 e. The first-order valence-electron chi connectivity index (χ1n) is 8.10. The van der Waals surface area contributed by atoms with Crippen LogP contribution in [-0.2, 0) is 17.9 Å². The van der Waals surface area contributed by atoms with E-state index < -0.39 is 0 Å². The number of carbonyl (C=O) groups is 1. The Balaban J connectivity index is 1.67. The highest BCUT2D eigenvalue weighted by atomic mass is 35.5. The highest BCUT2D eigenvalue weighted by Gasteiger charge is 2.15. The molecule has 0 saturated heterocycles. The van der Waals surface area contributed by atoms with Crippen molar-refractivity contribution in [2.75, 3.05) is 0 Å². The Morgan fingerprint density at radius 2 is 1.88 bits per heavy atom. The van der Waals surface area contributed by atoms with Crippen LogP contribution in [0.2, 0.25) is 5.02 Å². The van der Waals surface area contributed by atoms with Crippen LogP contribution in [-0.4, -0.2) is 20.7 Å². The van der Waals surface area contributed by atoms with Crippen molar-refractivity contribution in [2.45, 2.75) is 13.1 Å². The van der Waals surface area contributed by atoms with E-state index in [4.69, 9.17) is 11.6 Å². The SMILES string of the molecule is O=C(Cn1c2ccccc2c2cn[nH]c(=O)c21)NCc1ccccc1Cl. The van der Waals surface area contributed by atoms with Crippen LogP contribution in [0.3, 0.4) is 0 Å². The molecular formula is C19H15ClN4O2. The van der Waals surface area contributed by atoms with E-state index in [1.54, 1.807) is 16.8 Å². The van der Waals surface area contributed by atoms with E-state index in [0.29, 0.717) is 17.1 Å². The number of para-hydroxylation sites is 1. The minimum atomic E-state index is -0.322. The fourth-order valence-electron chi connectivity index (χ4n) is 3.11. The third kappa shape index (κ3) is 2.84. The minimum Gasteiger partial charge on any atom is -0.350 e. The molecule has 0 spiro atoms. The Morgan fingerprint density at radius 1 is 1.12 bits per heavy atom. The Bertz CT molecular complexity index is 1180. The van der Waals surface area contributed by atoms with Gasteiger partial charge in [-0.05, 0) is 17.7 Å². The zero-order valence-corrected chi connectivity index (χ0v) is 14.5. The highest BCUT2D eigenvalue weighted by Crippen LogP contribution is 2.25. The van der Waals surface area contributed by atoms with Crippen molar-refractivity contribution < 1.29 is 4.79 Å². The molecule has 0 aliphatic heterocycles. The Hall–Kier alpha value is -3.12. The molecule has 0 atom stereocenters. The molecule has 4 aromatic rings. The average molecular weight is 367 g/mol. The monoisotopic (exact) mass is 366 g/mol. The summed E-state index contributed by atoms with van der Waals surface area (Å²) in [5.41, 5.74) is 1.77. The van der Waals surface area contributed by atoms with Crippen molar-refractivity contribution >= 4 is 39.3 Å². The number of fused-ring (bicyclic) bond motifs is 3. The number of hydrogen-bond donors (Lipinski definition) is 2. The minimum absolute atomic E-state index is 0.0293. The van der Waals surface area contributed by atoms with E-state index >= 15 is 0 Å². The van der Waals surface area contributed by atoms with Gasteiger partial charge in [0.25, 0.3) is 5.56 Å². The second-order valence-electron chi connectivity index (χ2n) is 5.93. The van der Waals surface area contributed by atoms with Gasteiger partial charge in [-0.25, -0.2) is 5.10 Å². The van der Waals surface area contributed by atoms with Gasteiger partial charge in [-0.2, -0.15) is 5.10 Å². The third-order valence-electron chi connectivity index (χ3n) is 4.32. The molecule has 2 N–H and O–H groups in total. The number of nitrogens with one attached hydrogen (secondary N) is 2. The van der Waals surface area contributed by atoms with Gasteiger partial charge in [0.2, 0.25) is 5.91 Å². The van der Waals surface area contributed by atoms with Crippen LogP contribution < -0.4 is 10.9 Å². The molecule has 0 aliphatic carbocycles. The first kappa shape index (κ1) is 16.4. The topological polar surface area (TPSA) is 79.8 Å². The zero-order valence-electron chi connectivity index (χ0n) is 13.7. The number of carbonyl (C=O) groups excluding carboxylic acids is 1. The zero-order chi connectivity index (χ0) is 18.1. The summed E-state index contributed by atoms with van der Waals surface area (Å²) < 4.78 is 1.72. The number of aromatic nitrogens is 3. The van der Waals surface area contributed by atoms with Crippen molar-refractivity contribution in [1.82, 2.24) is 20.1 Å². The van der Waals surface area contributed by atoms with Crippen LogP contribution in [0.4, 0.5) is 0 Å². The molecule has 26 heavy (non-hydrogen) atoms. The normalized spacial score (nSPS) is 11.1. The number of rotatable bonds is 4. The second kappa shape index (κ2) is 6.65. The van der Waals surface area contributed by atoms with Crippen LogP contribution in [0.25, 0.3) is 21.8 Å². The van der Waals surface area contributed by atoms with Crippen molar-refractivity contribution in [1.29, 1.82) is 0 Å². The molecule has 7 heteroatoms. The lowest BCUT2D eigenvalue weighted by Gasteiger charge is -2.09. The lowest BCUT2D eigenvalue weighted by atomic mass is 10.2. The van der Waals surface area contributed by atoms with E-state index in [2.05, 4.69) is 15.5 Å². The number of amides is 1. The van der Waals surface area contributed by atoms with Gasteiger partial charge >= 0.3 is 0 Å². The van der Waals surface area contributed by atoms with Crippen LogP contribution >= 0.6 is 11.6 Å². The Kier molecular flexibility index (Phi) is 4.18. The Labute approximate surface area is 153 Å². The molecule has 1 amide bonds. The number of nitrogens with zero attached hydrogens (tertiary/aromatic N) is 2. The summed E-state index contributed by atoms with van der Waals surface area (Å²) in [5.74, 6) is -0.205. The molecule has 4 rings (SSSR count). The fraction of sp³-hybridized carbons (Fsp3) is 0.105. The smallest absolute Gasteiger partial charge is 0.288 e. The van der Waals surface area contributed by atoms with Gasteiger partial charge in [0, 0.05) is 27.9 Å². The summed E-state index contributed by atoms with van der Waals surface area (Å²) in [7, 11) is 0. The highest BCUT2D eigenvalue weighted by molar-refractivity contribution is 6.31. The third-order valence-corrected chi connectivity index (χ3v) is 4.69. The summed E-state index contributed by atoms with van der Waals surface area (Å²) in [5, 5.41) is 11.4. The van der Waals surface area contributed by atoms with Crippen molar-refractivity contribution in [3.05, 3.63) is 75.7 Å². The Morgan fingerprint density at radius 3 is 2.73 bits per heavy atom. The van der Waals surface area contributed by atoms with E-state index in [0.717, 1.165) is 21.9 Å². The number of halogens is 1. The maximum atomic E-state index is 12.5. The number of H-pyrrole nitrogens is 1. The van der Waals surface area contributed by atoms with E-state index in [1.807, 2.05) is 42.5 Å². The summed E-state index contributed by atoms with van der Waals surface area (Å²) in [4.78, 5) is 24.8.